The Morgan fingerprint density at radius 3 is 2.24 bits per heavy atom. The van der Waals surface area contributed by atoms with Crippen LogP contribution in [0.3, 0.4) is 0 Å². The first-order chi connectivity index (χ1) is 9.91. The second-order valence-electron chi connectivity index (χ2n) is 4.87. The second kappa shape index (κ2) is 7.99. The maximum atomic E-state index is 11.8. The molecule has 1 aromatic rings. The van der Waals surface area contributed by atoms with E-state index in [1.807, 2.05) is 30.3 Å². The molecule has 21 heavy (non-hydrogen) atoms. The fourth-order valence-corrected chi connectivity index (χ4v) is 1.58. The standard InChI is InChI=1S/C16H20N2O3/c1-17(2)15(20)11-12-18(3)16(21)14(19)10-9-13-7-5-4-6-8-13/h4-10H,11-12H2,1-3H3. The lowest BCUT2D eigenvalue weighted by Crippen LogP contribution is -2.35. The zero-order chi connectivity index (χ0) is 15.8. The van der Waals surface area contributed by atoms with Gasteiger partial charge in [-0.15, -0.1) is 0 Å². The number of rotatable bonds is 6. The van der Waals surface area contributed by atoms with Crippen molar-refractivity contribution in [2.45, 2.75) is 6.42 Å². The molecule has 0 aromatic heterocycles. The molecule has 112 valence electrons. The van der Waals surface area contributed by atoms with Crippen LogP contribution in [0.25, 0.3) is 6.08 Å². The Hall–Kier alpha value is -2.43. The summed E-state index contributed by atoms with van der Waals surface area (Å²) in [5, 5.41) is 0. The fourth-order valence-electron chi connectivity index (χ4n) is 1.58. The van der Waals surface area contributed by atoms with E-state index in [1.165, 1.54) is 22.9 Å². The van der Waals surface area contributed by atoms with E-state index in [0.29, 0.717) is 0 Å². The van der Waals surface area contributed by atoms with Gasteiger partial charge in [-0.1, -0.05) is 36.4 Å². The van der Waals surface area contributed by atoms with E-state index in [9.17, 15) is 14.4 Å². The quantitative estimate of drug-likeness (QED) is 0.584. The lowest BCUT2D eigenvalue weighted by atomic mass is 10.2. The molecule has 0 N–H and O–H groups in total. The summed E-state index contributed by atoms with van der Waals surface area (Å²) in [6.07, 6.45) is 3.05. The highest BCUT2D eigenvalue weighted by atomic mass is 16.2. The maximum absolute atomic E-state index is 11.8. The highest BCUT2D eigenvalue weighted by Crippen LogP contribution is 2.02. The van der Waals surface area contributed by atoms with Crippen molar-refractivity contribution in [3.05, 3.63) is 42.0 Å². The number of benzene rings is 1. The van der Waals surface area contributed by atoms with Crippen LogP contribution in [0.15, 0.2) is 36.4 Å². The average Bonchev–Trinajstić information content (AvgIpc) is 2.49. The first-order valence-corrected chi connectivity index (χ1v) is 6.64. The Labute approximate surface area is 124 Å². The molecule has 0 unspecified atom stereocenters. The van der Waals surface area contributed by atoms with E-state index in [4.69, 9.17) is 0 Å². The van der Waals surface area contributed by atoms with Gasteiger partial charge in [-0.2, -0.15) is 0 Å². The summed E-state index contributed by atoms with van der Waals surface area (Å²) in [6, 6.07) is 9.26. The molecule has 0 bridgehead atoms. The van der Waals surface area contributed by atoms with Gasteiger partial charge in [0.25, 0.3) is 5.91 Å². The summed E-state index contributed by atoms with van der Waals surface area (Å²) in [7, 11) is 4.81. The SMILES string of the molecule is CN(C)C(=O)CCN(C)C(=O)C(=O)C=Cc1ccccc1. The molecule has 0 fully saturated rings. The zero-order valence-electron chi connectivity index (χ0n) is 12.6. The molecule has 0 aliphatic rings. The third kappa shape index (κ3) is 5.60. The van der Waals surface area contributed by atoms with Gasteiger partial charge in [-0.3, -0.25) is 14.4 Å². The van der Waals surface area contributed by atoms with Crippen LogP contribution < -0.4 is 0 Å². The molecule has 0 atom stereocenters. The highest BCUT2D eigenvalue weighted by molar-refractivity contribution is 6.41. The molecule has 0 saturated heterocycles. The number of carbonyl (C=O) groups is 3. The van der Waals surface area contributed by atoms with Crippen LogP contribution in [-0.2, 0) is 14.4 Å². The molecule has 1 aromatic carbocycles. The van der Waals surface area contributed by atoms with Gasteiger partial charge >= 0.3 is 0 Å². The van der Waals surface area contributed by atoms with Gasteiger partial charge < -0.3 is 9.80 Å². The van der Waals surface area contributed by atoms with Gasteiger partial charge in [-0.05, 0) is 11.6 Å². The molecule has 0 spiro atoms. The van der Waals surface area contributed by atoms with Crippen molar-refractivity contribution < 1.29 is 14.4 Å². The van der Waals surface area contributed by atoms with Gasteiger partial charge in [0.15, 0.2) is 0 Å². The Morgan fingerprint density at radius 1 is 1.05 bits per heavy atom. The number of hydrogen-bond donors (Lipinski definition) is 0. The lowest BCUT2D eigenvalue weighted by molar-refractivity contribution is -0.141. The largest absolute Gasteiger partial charge is 0.349 e. The van der Waals surface area contributed by atoms with Crippen LogP contribution in [0.1, 0.15) is 12.0 Å². The Balaban J connectivity index is 2.52. The van der Waals surface area contributed by atoms with Gasteiger partial charge in [-0.25, -0.2) is 0 Å². The number of nitrogens with zero attached hydrogens (tertiary/aromatic N) is 2. The molecule has 0 aliphatic heterocycles. The van der Waals surface area contributed by atoms with Crippen molar-refractivity contribution in [2.75, 3.05) is 27.7 Å². The van der Waals surface area contributed by atoms with E-state index < -0.39 is 11.7 Å². The molecule has 0 aliphatic carbocycles. The normalized spacial score (nSPS) is 10.4. The summed E-state index contributed by atoms with van der Waals surface area (Å²) in [5.74, 6) is -1.30. The molecular weight excluding hydrogens is 268 g/mol. The Morgan fingerprint density at radius 2 is 1.67 bits per heavy atom. The minimum atomic E-state index is -0.617. The van der Waals surface area contributed by atoms with Gasteiger partial charge in [0.1, 0.15) is 0 Å². The van der Waals surface area contributed by atoms with Crippen molar-refractivity contribution in [1.82, 2.24) is 9.80 Å². The average molecular weight is 288 g/mol. The monoisotopic (exact) mass is 288 g/mol. The molecule has 0 heterocycles. The van der Waals surface area contributed by atoms with Gasteiger partial charge in [0.05, 0.1) is 0 Å². The predicted molar refractivity (Wildman–Crippen MR) is 81.4 cm³/mol. The number of likely N-dealkylation sites (N-methyl/N-ethyl adjacent to an activating group) is 1. The third-order valence-electron chi connectivity index (χ3n) is 2.94. The summed E-state index contributed by atoms with van der Waals surface area (Å²) < 4.78 is 0. The predicted octanol–water partition coefficient (Wildman–Crippen LogP) is 1.21. The van der Waals surface area contributed by atoms with Crippen LogP contribution in [0.4, 0.5) is 0 Å². The topological polar surface area (TPSA) is 57.7 Å². The minimum Gasteiger partial charge on any atom is -0.349 e. The van der Waals surface area contributed by atoms with Crippen molar-refractivity contribution in [3.63, 3.8) is 0 Å². The van der Waals surface area contributed by atoms with Gasteiger partial charge in [0, 0.05) is 34.1 Å². The summed E-state index contributed by atoms with van der Waals surface area (Å²) >= 11 is 0. The van der Waals surface area contributed by atoms with Crippen LogP contribution in [0.2, 0.25) is 0 Å². The van der Waals surface area contributed by atoms with Crippen LogP contribution in [0, 0.1) is 0 Å². The van der Waals surface area contributed by atoms with E-state index in [1.54, 1.807) is 20.2 Å². The molecule has 5 heteroatoms. The molecule has 0 saturated carbocycles. The van der Waals surface area contributed by atoms with Crippen molar-refractivity contribution >= 4 is 23.7 Å². The number of hydrogen-bond acceptors (Lipinski definition) is 3. The van der Waals surface area contributed by atoms with E-state index in [2.05, 4.69) is 0 Å². The first kappa shape index (κ1) is 16.6. The molecule has 2 amide bonds. The lowest BCUT2D eigenvalue weighted by Gasteiger charge is -2.16. The molecule has 5 nitrogen and oxygen atoms in total. The van der Waals surface area contributed by atoms with Crippen LogP contribution >= 0.6 is 0 Å². The Kier molecular flexibility index (Phi) is 6.33. The summed E-state index contributed by atoms with van der Waals surface area (Å²) in [5.41, 5.74) is 0.851. The Bertz CT molecular complexity index is 536. The fraction of sp³-hybridized carbons (Fsp3) is 0.312. The summed E-state index contributed by atoms with van der Waals surface area (Å²) in [4.78, 5) is 37.8. The number of carbonyl (C=O) groups excluding carboxylic acids is 3. The van der Waals surface area contributed by atoms with E-state index in [0.717, 1.165) is 5.56 Å². The van der Waals surface area contributed by atoms with E-state index >= 15 is 0 Å². The van der Waals surface area contributed by atoms with Crippen molar-refractivity contribution in [2.24, 2.45) is 0 Å². The molecule has 0 radical (unpaired) electrons. The smallest absolute Gasteiger partial charge is 0.294 e. The molecular formula is C16H20N2O3. The summed E-state index contributed by atoms with van der Waals surface area (Å²) in [6.45, 7) is 0.223. The number of amides is 2. The number of ketones is 1. The van der Waals surface area contributed by atoms with Gasteiger partial charge in [0.2, 0.25) is 11.7 Å². The van der Waals surface area contributed by atoms with Crippen LogP contribution in [-0.4, -0.2) is 55.1 Å². The molecule has 1 rings (SSSR count). The minimum absolute atomic E-state index is 0.0815. The first-order valence-electron chi connectivity index (χ1n) is 6.64. The van der Waals surface area contributed by atoms with Crippen molar-refractivity contribution in [3.8, 4) is 0 Å². The second-order valence-corrected chi connectivity index (χ2v) is 4.87. The van der Waals surface area contributed by atoms with Crippen molar-refractivity contribution in [1.29, 1.82) is 0 Å². The third-order valence-corrected chi connectivity index (χ3v) is 2.94. The zero-order valence-corrected chi connectivity index (χ0v) is 12.6. The van der Waals surface area contributed by atoms with Crippen LogP contribution in [0.5, 0.6) is 0 Å². The highest BCUT2D eigenvalue weighted by Gasteiger charge is 2.17. The maximum Gasteiger partial charge on any atom is 0.294 e. The van der Waals surface area contributed by atoms with E-state index in [-0.39, 0.29) is 18.9 Å².